The van der Waals surface area contributed by atoms with Gasteiger partial charge in [-0.05, 0) is 42.3 Å². The highest BCUT2D eigenvalue weighted by molar-refractivity contribution is 7.98. The van der Waals surface area contributed by atoms with Crippen LogP contribution in [0.3, 0.4) is 0 Å². The summed E-state index contributed by atoms with van der Waals surface area (Å²) in [7, 11) is 0. The number of nitrogens with zero attached hydrogens (tertiary/aromatic N) is 2. The van der Waals surface area contributed by atoms with Crippen molar-refractivity contribution < 1.29 is 4.39 Å². The molecule has 0 saturated carbocycles. The number of nitrogens with one attached hydrogen (secondary N) is 2. The van der Waals surface area contributed by atoms with Crippen LogP contribution in [0.15, 0.2) is 57.8 Å². The highest BCUT2D eigenvalue weighted by Gasteiger charge is 2.14. The number of benzene rings is 2. The highest BCUT2D eigenvalue weighted by atomic mass is 32.2. The van der Waals surface area contributed by atoms with Gasteiger partial charge in [-0.25, -0.2) is 14.4 Å². The number of aryl methyl sites for hydroxylation is 1. The van der Waals surface area contributed by atoms with Crippen LogP contribution in [0.2, 0.25) is 0 Å². The fraction of sp³-hybridized carbons (Fsp3) is 0.0952. The Labute approximate surface area is 173 Å². The van der Waals surface area contributed by atoms with Crippen molar-refractivity contribution in [3.8, 4) is 11.1 Å². The molecule has 0 spiro atoms. The molecule has 8 heteroatoms. The van der Waals surface area contributed by atoms with Gasteiger partial charge in [-0.1, -0.05) is 30.0 Å². The van der Waals surface area contributed by atoms with Gasteiger partial charge in [-0.15, -0.1) is 11.3 Å². The first-order chi connectivity index (χ1) is 14.1. The Hall–Kier alpha value is -2.97. The molecule has 0 aliphatic heterocycles. The van der Waals surface area contributed by atoms with Gasteiger partial charge in [0.1, 0.15) is 16.5 Å². The Kier molecular flexibility index (Phi) is 4.44. The fourth-order valence-electron chi connectivity index (χ4n) is 3.21. The molecular weight excluding hydrogens is 407 g/mol. The predicted octanol–water partition coefficient (Wildman–Crippen LogP) is 5.27. The van der Waals surface area contributed by atoms with E-state index in [2.05, 4.69) is 26.0 Å². The summed E-state index contributed by atoms with van der Waals surface area (Å²) < 4.78 is 13.2. The lowest BCUT2D eigenvalue weighted by atomic mass is 10.1. The molecule has 0 saturated heterocycles. The Balaban J connectivity index is 1.43. The number of aromatic amines is 2. The minimum absolute atomic E-state index is 0.189. The third-order valence-corrected chi connectivity index (χ3v) is 6.37. The summed E-state index contributed by atoms with van der Waals surface area (Å²) in [4.78, 5) is 28.7. The van der Waals surface area contributed by atoms with Crippen molar-refractivity contribution in [2.45, 2.75) is 17.8 Å². The number of hydrogen-bond acceptors (Lipinski definition) is 5. The zero-order valence-corrected chi connectivity index (χ0v) is 17.0. The highest BCUT2D eigenvalue weighted by Crippen LogP contribution is 2.31. The lowest BCUT2D eigenvalue weighted by Crippen LogP contribution is -2.10. The molecule has 0 atom stereocenters. The zero-order valence-electron chi connectivity index (χ0n) is 15.3. The summed E-state index contributed by atoms with van der Waals surface area (Å²) in [6.45, 7) is 2.04. The van der Waals surface area contributed by atoms with Crippen molar-refractivity contribution in [2.24, 2.45) is 0 Å². The minimum Gasteiger partial charge on any atom is -0.333 e. The van der Waals surface area contributed by atoms with Crippen LogP contribution in [0.4, 0.5) is 4.39 Å². The molecule has 144 valence electrons. The van der Waals surface area contributed by atoms with Crippen LogP contribution in [0.1, 0.15) is 11.4 Å². The molecule has 0 unspecified atom stereocenters. The van der Waals surface area contributed by atoms with E-state index in [0.717, 1.165) is 27.3 Å². The van der Waals surface area contributed by atoms with Gasteiger partial charge in [-0.3, -0.25) is 4.79 Å². The van der Waals surface area contributed by atoms with E-state index < -0.39 is 0 Å². The third kappa shape index (κ3) is 3.45. The molecule has 2 N–H and O–H groups in total. The molecule has 5 rings (SSSR count). The van der Waals surface area contributed by atoms with Crippen LogP contribution in [-0.4, -0.2) is 19.9 Å². The van der Waals surface area contributed by atoms with Gasteiger partial charge >= 0.3 is 0 Å². The van der Waals surface area contributed by atoms with Gasteiger partial charge in [0.2, 0.25) is 0 Å². The van der Waals surface area contributed by atoms with Gasteiger partial charge in [0.05, 0.1) is 22.2 Å². The number of aromatic nitrogens is 4. The predicted molar refractivity (Wildman–Crippen MR) is 116 cm³/mol. The quantitative estimate of drug-likeness (QED) is 0.387. The van der Waals surface area contributed by atoms with Crippen molar-refractivity contribution in [3.63, 3.8) is 0 Å². The summed E-state index contributed by atoms with van der Waals surface area (Å²) >= 11 is 2.90. The summed E-state index contributed by atoms with van der Waals surface area (Å²) in [6, 6.07) is 12.2. The van der Waals surface area contributed by atoms with Crippen molar-refractivity contribution in [3.05, 3.63) is 75.4 Å². The Morgan fingerprint density at radius 3 is 2.76 bits per heavy atom. The normalized spacial score (nSPS) is 11.5. The number of hydrogen-bond donors (Lipinski definition) is 2. The number of thiophene rings is 1. The van der Waals surface area contributed by atoms with Gasteiger partial charge in [0.15, 0.2) is 5.16 Å². The second kappa shape index (κ2) is 7.13. The average Bonchev–Trinajstić information content (AvgIpc) is 3.31. The minimum atomic E-state index is -0.305. The lowest BCUT2D eigenvalue weighted by Gasteiger charge is -2.02. The topological polar surface area (TPSA) is 74.4 Å². The molecule has 0 fully saturated rings. The first-order valence-corrected chi connectivity index (χ1v) is 10.8. The maximum Gasteiger partial charge on any atom is 0.260 e. The number of H-pyrrole nitrogens is 2. The van der Waals surface area contributed by atoms with Crippen molar-refractivity contribution in [1.29, 1.82) is 0 Å². The monoisotopic (exact) mass is 422 g/mol. The van der Waals surface area contributed by atoms with E-state index in [1.54, 1.807) is 12.1 Å². The summed E-state index contributed by atoms with van der Waals surface area (Å²) in [5, 5.41) is 3.21. The zero-order chi connectivity index (χ0) is 20.0. The van der Waals surface area contributed by atoms with E-state index in [9.17, 15) is 9.18 Å². The van der Waals surface area contributed by atoms with Crippen LogP contribution in [-0.2, 0) is 5.75 Å². The summed E-state index contributed by atoms with van der Waals surface area (Å²) in [5.41, 5.74) is 4.45. The second-order valence-electron chi connectivity index (χ2n) is 6.70. The molecule has 0 amide bonds. The smallest absolute Gasteiger partial charge is 0.260 e. The molecule has 0 bridgehead atoms. The molecule has 5 aromatic rings. The Bertz CT molecular complexity index is 1400. The average molecular weight is 423 g/mol. The first-order valence-electron chi connectivity index (χ1n) is 8.92. The van der Waals surface area contributed by atoms with Crippen LogP contribution in [0, 0.1) is 12.7 Å². The van der Waals surface area contributed by atoms with Crippen molar-refractivity contribution in [1.82, 2.24) is 19.9 Å². The molecule has 3 heterocycles. The van der Waals surface area contributed by atoms with Crippen LogP contribution >= 0.6 is 23.1 Å². The van der Waals surface area contributed by atoms with Crippen molar-refractivity contribution >= 4 is 44.3 Å². The maximum atomic E-state index is 13.2. The molecule has 0 aliphatic carbocycles. The van der Waals surface area contributed by atoms with Gasteiger partial charge in [0, 0.05) is 10.9 Å². The summed E-state index contributed by atoms with van der Waals surface area (Å²) in [6.07, 6.45) is 0. The summed E-state index contributed by atoms with van der Waals surface area (Å²) in [5.74, 6) is 0.783. The molecule has 0 radical (unpaired) electrons. The Morgan fingerprint density at radius 1 is 1.10 bits per heavy atom. The number of thioether (sulfide) groups is 1. The van der Waals surface area contributed by atoms with E-state index >= 15 is 0 Å². The van der Waals surface area contributed by atoms with Crippen LogP contribution in [0.25, 0.3) is 32.4 Å². The first kappa shape index (κ1) is 18.1. The van der Waals surface area contributed by atoms with Gasteiger partial charge in [-0.2, -0.15) is 0 Å². The van der Waals surface area contributed by atoms with E-state index in [1.807, 2.05) is 24.4 Å². The molecule has 3 aromatic heterocycles. The number of fused-ring (bicyclic) bond motifs is 2. The van der Waals surface area contributed by atoms with Crippen molar-refractivity contribution in [2.75, 3.05) is 0 Å². The second-order valence-corrected chi connectivity index (χ2v) is 8.52. The van der Waals surface area contributed by atoms with E-state index in [4.69, 9.17) is 0 Å². The third-order valence-electron chi connectivity index (χ3n) is 4.61. The Morgan fingerprint density at radius 2 is 1.93 bits per heavy atom. The number of imidazole rings is 1. The molecule has 0 aliphatic rings. The van der Waals surface area contributed by atoms with Gasteiger partial charge < -0.3 is 9.97 Å². The lowest BCUT2D eigenvalue weighted by molar-refractivity contribution is 0.628. The number of halogens is 1. The molecule has 5 nitrogen and oxygen atoms in total. The molecule has 2 aromatic carbocycles. The number of rotatable bonds is 4. The van der Waals surface area contributed by atoms with E-state index in [1.165, 1.54) is 40.8 Å². The maximum absolute atomic E-state index is 13.2. The molecular formula is C21H15FN4OS2. The largest absolute Gasteiger partial charge is 0.333 e. The van der Waals surface area contributed by atoms with Crippen LogP contribution < -0.4 is 5.56 Å². The van der Waals surface area contributed by atoms with Crippen LogP contribution in [0.5, 0.6) is 0 Å². The molecule has 29 heavy (non-hydrogen) atoms. The fourth-order valence-corrected chi connectivity index (χ4v) is 4.93. The van der Waals surface area contributed by atoms with Gasteiger partial charge in [0.25, 0.3) is 5.56 Å². The van der Waals surface area contributed by atoms with E-state index in [0.29, 0.717) is 21.8 Å². The van der Waals surface area contributed by atoms with E-state index in [-0.39, 0.29) is 11.4 Å². The SMILES string of the molecule is Cc1ccc2nc(SCc3nc4scc(-c5ccc(F)cc5)c4c(=O)[nH]3)[nH]c2c1. The standard InChI is InChI=1S/C21H15FN4OS2/c1-11-2-7-15-16(8-11)24-21(23-15)29-10-17-25-19(27)18-14(9-28-20(18)26-17)12-3-5-13(22)6-4-12/h2-9H,10H2,1H3,(H,23,24)(H,25,26,27).